The first kappa shape index (κ1) is 11.4. The first-order valence-electron chi connectivity index (χ1n) is 6.18. The lowest BCUT2D eigenvalue weighted by atomic mass is 9.73. The molecule has 92 valence electrons. The van der Waals surface area contributed by atoms with Crippen LogP contribution in [0.15, 0.2) is 42.5 Å². The highest BCUT2D eigenvalue weighted by Gasteiger charge is 2.32. The molecule has 2 aromatic rings. The molecule has 18 heavy (non-hydrogen) atoms. The van der Waals surface area contributed by atoms with E-state index in [9.17, 15) is 9.50 Å². The van der Waals surface area contributed by atoms with Crippen LogP contribution < -0.4 is 0 Å². The standard InChI is InChI=1S/C16H15FO/c1-10-6-12(8-13(17)7-10)16(18)15-9-11-4-2-3-5-14(11)15/h2-8,15-16,18H,9H2,1H3. The highest BCUT2D eigenvalue weighted by Crippen LogP contribution is 2.43. The zero-order valence-corrected chi connectivity index (χ0v) is 10.2. The van der Waals surface area contributed by atoms with Crippen LogP contribution >= 0.6 is 0 Å². The lowest BCUT2D eigenvalue weighted by Crippen LogP contribution is -2.23. The van der Waals surface area contributed by atoms with Crippen LogP contribution in [0, 0.1) is 12.7 Å². The molecule has 2 aromatic carbocycles. The summed E-state index contributed by atoms with van der Waals surface area (Å²) in [6.07, 6.45) is 0.252. The van der Waals surface area contributed by atoms with Crippen LogP contribution in [-0.4, -0.2) is 5.11 Å². The van der Waals surface area contributed by atoms with Gasteiger partial charge in [-0.15, -0.1) is 0 Å². The number of rotatable bonds is 2. The second-order valence-corrected chi connectivity index (χ2v) is 5.02. The summed E-state index contributed by atoms with van der Waals surface area (Å²) < 4.78 is 13.4. The molecule has 1 aliphatic carbocycles. The molecule has 2 unspecified atom stereocenters. The number of aliphatic hydroxyl groups excluding tert-OH is 1. The number of aryl methyl sites for hydroxylation is 1. The summed E-state index contributed by atoms with van der Waals surface area (Å²) in [5.74, 6) is -0.181. The van der Waals surface area contributed by atoms with Gasteiger partial charge in [0, 0.05) is 5.92 Å². The second kappa shape index (κ2) is 4.21. The fraction of sp³-hybridized carbons (Fsp3) is 0.250. The minimum Gasteiger partial charge on any atom is -0.388 e. The summed E-state index contributed by atoms with van der Waals surface area (Å²) >= 11 is 0. The average molecular weight is 242 g/mol. The van der Waals surface area contributed by atoms with Crippen molar-refractivity contribution < 1.29 is 9.50 Å². The maximum atomic E-state index is 13.4. The molecule has 2 atom stereocenters. The first-order valence-corrected chi connectivity index (χ1v) is 6.18. The number of hydrogen-bond acceptors (Lipinski definition) is 1. The zero-order valence-electron chi connectivity index (χ0n) is 10.2. The molecule has 0 bridgehead atoms. The number of benzene rings is 2. The smallest absolute Gasteiger partial charge is 0.123 e. The molecule has 0 saturated heterocycles. The Morgan fingerprint density at radius 2 is 2.00 bits per heavy atom. The number of fused-ring (bicyclic) bond motifs is 1. The van der Waals surface area contributed by atoms with E-state index in [4.69, 9.17) is 0 Å². The minimum absolute atomic E-state index is 0.0994. The Balaban J connectivity index is 1.91. The van der Waals surface area contributed by atoms with Crippen molar-refractivity contribution in [3.05, 3.63) is 70.5 Å². The SMILES string of the molecule is Cc1cc(F)cc(C(O)C2Cc3ccccc32)c1. The van der Waals surface area contributed by atoms with Crippen molar-refractivity contribution in [1.82, 2.24) is 0 Å². The quantitative estimate of drug-likeness (QED) is 0.854. The van der Waals surface area contributed by atoms with E-state index in [1.54, 1.807) is 0 Å². The molecular weight excluding hydrogens is 227 g/mol. The van der Waals surface area contributed by atoms with Gasteiger partial charge in [0.1, 0.15) is 5.82 Å². The van der Waals surface area contributed by atoms with E-state index in [0.717, 1.165) is 12.0 Å². The highest BCUT2D eigenvalue weighted by atomic mass is 19.1. The van der Waals surface area contributed by atoms with Gasteiger partial charge in [-0.05, 0) is 47.7 Å². The van der Waals surface area contributed by atoms with Crippen LogP contribution in [0.3, 0.4) is 0 Å². The van der Waals surface area contributed by atoms with Gasteiger partial charge in [0.2, 0.25) is 0 Å². The normalized spacial score (nSPS) is 18.9. The summed E-state index contributed by atoms with van der Waals surface area (Å²) in [5, 5.41) is 10.4. The van der Waals surface area contributed by atoms with E-state index in [1.807, 2.05) is 31.2 Å². The predicted molar refractivity (Wildman–Crippen MR) is 69.0 cm³/mol. The fourth-order valence-electron chi connectivity index (χ4n) is 2.75. The topological polar surface area (TPSA) is 20.2 Å². The van der Waals surface area contributed by atoms with Crippen molar-refractivity contribution in [2.75, 3.05) is 0 Å². The Morgan fingerprint density at radius 3 is 2.72 bits per heavy atom. The molecule has 0 heterocycles. The Hall–Kier alpha value is -1.67. The molecule has 0 aliphatic heterocycles. The summed E-state index contributed by atoms with van der Waals surface area (Å²) in [6.45, 7) is 1.84. The third kappa shape index (κ3) is 1.83. The van der Waals surface area contributed by atoms with Gasteiger partial charge < -0.3 is 5.11 Å². The second-order valence-electron chi connectivity index (χ2n) is 5.02. The lowest BCUT2D eigenvalue weighted by Gasteiger charge is -2.34. The number of hydrogen-bond donors (Lipinski definition) is 1. The molecule has 0 saturated carbocycles. The number of aliphatic hydroxyl groups is 1. The summed E-state index contributed by atoms with van der Waals surface area (Å²) in [6, 6.07) is 12.9. The van der Waals surface area contributed by atoms with E-state index >= 15 is 0 Å². The largest absolute Gasteiger partial charge is 0.388 e. The van der Waals surface area contributed by atoms with Crippen LogP contribution in [0.5, 0.6) is 0 Å². The molecule has 3 rings (SSSR count). The van der Waals surface area contributed by atoms with Gasteiger partial charge >= 0.3 is 0 Å². The van der Waals surface area contributed by atoms with Gasteiger partial charge in [-0.25, -0.2) is 4.39 Å². The third-order valence-corrected chi connectivity index (χ3v) is 3.68. The van der Waals surface area contributed by atoms with E-state index in [2.05, 4.69) is 6.07 Å². The van der Waals surface area contributed by atoms with Gasteiger partial charge in [-0.2, -0.15) is 0 Å². The van der Waals surface area contributed by atoms with Crippen molar-refractivity contribution in [3.8, 4) is 0 Å². The van der Waals surface area contributed by atoms with Gasteiger partial charge in [-0.1, -0.05) is 30.3 Å². The molecule has 1 nitrogen and oxygen atoms in total. The Morgan fingerprint density at radius 1 is 1.22 bits per heavy atom. The maximum Gasteiger partial charge on any atom is 0.123 e. The lowest BCUT2D eigenvalue weighted by molar-refractivity contribution is 0.134. The van der Waals surface area contributed by atoms with E-state index < -0.39 is 6.10 Å². The van der Waals surface area contributed by atoms with Crippen LogP contribution in [0.25, 0.3) is 0 Å². The molecule has 0 aromatic heterocycles. The van der Waals surface area contributed by atoms with Crippen molar-refractivity contribution >= 4 is 0 Å². The van der Waals surface area contributed by atoms with Crippen LogP contribution in [-0.2, 0) is 6.42 Å². The monoisotopic (exact) mass is 242 g/mol. The van der Waals surface area contributed by atoms with E-state index in [0.29, 0.717) is 5.56 Å². The molecule has 0 radical (unpaired) electrons. The van der Waals surface area contributed by atoms with Gasteiger partial charge in [-0.3, -0.25) is 0 Å². The summed E-state index contributed by atoms with van der Waals surface area (Å²) in [4.78, 5) is 0. The highest BCUT2D eigenvalue weighted by molar-refractivity contribution is 5.42. The van der Waals surface area contributed by atoms with E-state index in [1.165, 1.54) is 23.3 Å². The molecule has 1 N–H and O–H groups in total. The van der Waals surface area contributed by atoms with Crippen molar-refractivity contribution in [1.29, 1.82) is 0 Å². The van der Waals surface area contributed by atoms with Gasteiger partial charge in [0.05, 0.1) is 6.10 Å². The van der Waals surface area contributed by atoms with E-state index in [-0.39, 0.29) is 11.7 Å². The average Bonchev–Trinajstić information content (AvgIpc) is 2.29. The first-order chi connectivity index (χ1) is 8.65. The summed E-state index contributed by atoms with van der Waals surface area (Å²) in [7, 11) is 0. The Labute approximate surface area is 106 Å². The Bertz CT molecular complexity index is 571. The molecular formula is C16H15FO. The third-order valence-electron chi connectivity index (χ3n) is 3.68. The fourth-order valence-corrected chi connectivity index (χ4v) is 2.75. The number of halogens is 1. The van der Waals surface area contributed by atoms with Gasteiger partial charge in [0.25, 0.3) is 0 Å². The molecule has 2 heteroatoms. The van der Waals surface area contributed by atoms with Crippen LogP contribution in [0.4, 0.5) is 4.39 Å². The van der Waals surface area contributed by atoms with Gasteiger partial charge in [0.15, 0.2) is 0 Å². The van der Waals surface area contributed by atoms with Crippen molar-refractivity contribution in [3.63, 3.8) is 0 Å². The maximum absolute atomic E-state index is 13.4. The Kier molecular flexibility index (Phi) is 2.67. The van der Waals surface area contributed by atoms with Crippen molar-refractivity contribution in [2.45, 2.75) is 25.4 Å². The predicted octanol–water partition coefficient (Wildman–Crippen LogP) is 3.51. The van der Waals surface area contributed by atoms with Crippen molar-refractivity contribution in [2.24, 2.45) is 0 Å². The molecule has 0 spiro atoms. The molecule has 0 fully saturated rings. The minimum atomic E-state index is -0.616. The summed E-state index contributed by atoms with van der Waals surface area (Å²) in [5.41, 5.74) is 3.99. The molecule has 0 amide bonds. The molecule has 1 aliphatic rings. The van der Waals surface area contributed by atoms with Crippen LogP contribution in [0.1, 0.15) is 34.3 Å². The van der Waals surface area contributed by atoms with Crippen LogP contribution in [0.2, 0.25) is 0 Å². The zero-order chi connectivity index (χ0) is 12.7.